The van der Waals surface area contributed by atoms with Crippen molar-refractivity contribution in [2.24, 2.45) is 0 Å². The van der Waals surface area contributed by atoms with Gasteiger partial charge in [0.2, 0.25) is 0 Å². The number of carbonyl (C=O) groups is 1. The molecule has 0 saturated heterocycles. The maximum absolute atomic E-state index is 11.3. The third-order valence-electron chi connectivity index (χ3n) is 8.08. The third kappa shape index (κ3) is 5.35. The Labute approximate surface area is 240 Å². The van der Waals surface area contributed by atoms with Crippen molar-refractivity contribution in [3.63, 3.8) is 0 Å². The molecule has 1 N–H and O–H groups in total. The smallest absolute Gasteiger partial charge is 0.346 e. The summed E-state index contributed by atoms with van der Waals surface area (Å²) in [6.45, 7) is 0. The minimum absolute atomic E-state index is 0.249. The minimum atomic E-state index is -1.20. The minimum Gasteiger partial charge on any atom is -0.477 e. The van der Waals surface area contributed by atoms with Crippen molar-refractivity contribution < 1.29 is 9.90 Å². The number of carboxylic acids is 1. The van der Waals surface area contributed by atoms with E-state index in [1.54, 1.807) is 6.07 Å². The molecule has 4 aromatic carbocycles. The first-order valence-electron chi connectivity index (χ1n) is 14.0. The normalized spacial score (nSPS) is 17.6. The molecule has 2 atom stereocenters. The molecule has 6 rings (SSSR count). The Morgan fingerprint density at radius 1 is 0.854 bits per heavy atom. The molecular weight excluding hydrogens is 504 g/mol. The average Bonchev–Trinajstić information content (AvgIpc) is 3.60. The Bertz CT molecular complexity index is 1650. The van der Waals surface area contributed by atoms with E-state index in [1.165, 1.54) is 40.4 Å². The summed E-state index contributed by atoms with van der Waals surface area (Å²) in [6, 6.07) is 37.8. The molecule has 0 aromatic heterocycles. The molecule has 1 saturated carbocycles. The van der Waals surface area contributed by atoms with E-state index >= 15 is 0 Å². The van der Waals surface area contributed by atoms with E-state index in [0.717, 1.165) is 29.7 Å². The standard InChI is InChI=1S/C37H30N2O2/c38-25-30(37(40)41)23-27-19-22-36-34(24-27)33-15-8-16-35(33)39(36)31-20-17-26(18-21-31)9-7-14-32(28-10-3-1-4-11-28)29-12-5-2-6-13-29/h1-7,9-14,17-24,33,35H,8,15-16H2,(H,40,41)/b9-7+,30-23+. The van der Waals surface area contributed by atoms with Crippen molar-refractivity contribution in [2.75, 3.05) is 4.90 Å². The Hall–Kier alpha value is -5.14. The van der Waals surface area contributed by atoms with Gasteiger partial charge in [0.15, 0.2) is 0 Å². The molecular formula is C37H30N2O2. The topological polar surface area (TPSA) is 64.3 Å². The zero-order chi connectivity index (χ0) is 28.2. The highest BCUT2D eigenvalue weighted by Crippen LogP contribution is 2.52. The van der Waals surface area contributed by atoms with Crippen LogP contribution in [0.25, 0.3) is 17.7 Å². The van der Waals surface area contributed by atoms with Crippen molar-refractivity contribution in [1.29, 1.82) is 5.26 Å². The first-order chi connectivity index (χ1) is 20.1. The van der Waals surface area contributed by atoms with Gasteiger partial charge in [0.05, 0.1) is 0 Å². The molecule has 4 heteroatoms. The molecule has 41 heavy (non-hydrogen) atoms. The number of nitriles is 1. The lowest BCUT2D eigenvalue weighted by molar-refractivity contribution is -0.132. The number of hydrogen-bond acceptors (Lipinski definition) is 3. The number of nitrogens with zero attached hydrogens (tertiary/aromatic N) is 2. The lowest BCUT2D eigenvalue weighted by Crippen LogP contribution is -2.26. The number of fused-ring (bicyclic) bond motifs is 3. The van der Waals surface area contributed by atoms with E-state index in [4.69, 9.17) is 0 Å². The highest BCUT2D eigenvalue weighted by Gasteiger charge is 2.42. The second-order valence-electron chi connectivity index (χ2n) is 10.5. The number of rotatable bonds is 7. The Morgan fingerprint density at radius 2 is 1.51 bits per heavy atom. The maximum Gasteiger partial charge on any atom is 0.346 e. The Balaban J connectivity index is 1.26. The van der Waals surface area contributed by atoms with Crippen LogP contribution in [0.2, 0.25) is 0 Å². The summed E-state index contributed by atoms with van der Waals surface area (Å²) in [4.78, 5) is 13.8. The molecule has 200 valence electrons. The van der Waals surface area contributed by atoms with Crippen molar-refractivity contribution in [1.82, 2.24) is 0 Å². The van der Waals surface area contributed by atoms with E-state index in [-0.39, 0.29) is 5.57 Å². The van der Waals surface area contributed by atoms with E-state index < -0.39 is 5.97 Å². The lowest BCUT2D eigenvalue weighted by atomic mass is 9.95. The SMILES string of the molecule is N#C/C(=C\c1ccc2c(c1)C1CCCC1N2c1ccc(/C=C/C=C(c2ccccc2)c2ccccc2)cc1)C(=O)O. The fourth-order valence-corrected chi connectivity index (χ4v) is 6.21. The van der Waals surface area contributed by atoms with Crippen LogP contribution >= 0.6 is 0 Å². The molecule has 1 aliphatic carbocycles. The zero-order valence-electron chi connectivity index (χ0n) is 22.7. The van der Waals surface area contributed by atoms with Crippen LogP contribution in [-0.4, -0.2) is 17.1 Å². The molecule has 0 spiro atoms. The fraction of sp³-hybridized carbons (Fsp3) is 0.135. The molecule has 0 amide bonds. The fourth-order valence-electron chi connectivity index (χ4n) is 6.21. The molecule has 4 aromatic rings. The van der Waals surface area contributed by atoms with Gasteiger partial charge in [-0.25, -0.2) is 4.79 Å². The average molecular weight is 535 g/mol. The van der Waals surface area contributed by atoms with Gasteiger partial charge in [0.1, 0.15) is 11.6 Å². The summed E-state index contributed by atoms with van der Waals surface area (Å²) in [5.74, 6) is -0.790. The maximum atomic E-state index is 11.3. The summed E-state index contributed by atoms with van der Waals surface area (Å²) >= 11 is 0. The van der Waals surface area contributed by atoms with Crippen molar-refractivity contribution >= 4 is 35.1 Å². The van der Waals surface area contributed by atoms with Crippen LogP contribution in [0.3, 0.4) is 0 Å². The summed E-state index contributed by atoms with van der Waals surface area (Å²) in [5.41, 5.74) is 8.76. The summed E-state index contributed by atoms with van der Waals surface area (Å²) in [5, 5.41) is 18.5. The van der Waals surface area contributed by atoms with Gasteiger partial charge in [-0.1, -0.05) is 104 Å². The summed E-state index contributed by atoms with van der Waals surface area (Å²) in [6.07, 6.45) is 11.3. The van der Waals surface area contributed by atoms with Gasteiger partial charge in [-0.05, 0) is 76.6 Å². The van der Waals surface area contributed by atoms with Crippen LogP contribution in [0, 0.1) is 11.3 Å². The molecule has 2 unspecified atom stereocenters. The molecule has 1 heterocycles. The molecule has 0 bridgehead atoms. The predicted molar refractivity (Wildman–Crippen MR) is 166 cm³/mol. The van der Waals surface area contributed by atoms with Crippen molar-refractivity contribution in [2.45, 2.75) is 31.2 Å². The van der Waals surface area contributed by atoms with Crippen LogP contribution < -0.4 is 4.90 Å². The van der Waals surface area contributed by atoms with E-state index in [1.807, 2.05) is 18.2 Å². The second-order valence-corrected chi connectivity index (χ2v) is 10.5. The van der Waals surface area contributed by atoms with Gasteiger partial charge < -0.3 is 10.0 Å². The van der Waals surface area contributed by atoms with E-state index in [9.17, 15) is 15.2 Å². The number of benzene rings is 4. The summed E-state index contributed by atoms with van der Waals surface area (Å²) in [7, 11) is 0. The zero-order valence-corrected chi connectivity index (χ0v) is 22.7. The van der Waals surface area contributed by atoms with Crippen LogP contribution in [-0.2, 0) is 4.79 Å². The van der Waals surface area contributed by atoms with Crippen LogP contribution in [0.5, 0.6) is 0 Å². The number of anilines is 2. The number of hydrogen-bond donors (Lipinski definition) is 1. The lowest BCUT2D eigenvalue weighted by Gasteiger charge is -2.27. The van der Waals surface area contributed by atoms with Gasteiger partial charge in [-0.15, -0.1) is 0 Å². The number of aliphatic carboxylic acids is 1. The number of carboxylic acid groups (broad SMARTS) is 1. The largest absolute Gasteiger partial charge is 0.477 e. The van der Waals surface area contributed by atoms with Crippen molar-refractivity contribution in [3.05, 3.63) is 149 Å². The quantitative estimate of drug-likeness (QED) is 0.146. The Morgan fingerprint density at radius 3 is 2.15 bits per heavy atom. The first kappa shape index (κ1) is 26.1. The number of allylic oxidation sites excluding steroid dienone is 2. The van der Waals surface area contributed by atoms with Gasteiger partial charge in [0, 0.05) is 23.3 Å². The van der Waals surface area contributed by atoms with E-state index in [0.29, 0.717) is 12.0 Å². The molecule has 4 nitrogen and oxygen atoms in total. The first-order valence-corrected chi connectivity index (χ1v) is 14.0. The van der Waals surface area contributed by atoms with Gasteiger partial charge in [0.25, 0.3) is 0 Å². The van der Waals surface area contributed by atoms with Crippen LogP contribution in [0.4, 0.5) is 11.4 Å². The van der Waals surface area contributed by atoms with Crippen LogP contribution in [0.1, 0.15) is 53.0 Å². The Kier molecular flexibility index (Phi) is 7.34. The molecule has 2 aliphatic rings. The highest BCUT2D eigenvalue weighted by atomic mass is 16.4. The van der Waals surface area contributed by atoms with Crippen LogP contribution in [0.15, 0.2) is 121 Å². The van der Waals surface area contributed by atoms with E-state index in [2.05, 4.69) is 108 Å². The highest BCUT2D eigenvalue weighted by molar-refractivity contribution is 5.96. The third-order valence-corrected chi connectivity index (χ3v) is 8.08. The second kappa shape index (κ2) is 11.5. The van der Waals surface area contributed by atoms with Gasteiger partial charge >= 0.3 is 5.97 Å². The monoisotopic (exact) mass is 534 g/mol. The van der Waals surface area contributed by atoms with Gasteiger partial charge in [-0.2, -0.15) is 5.26 Å². The van der Waals surface area contributed by atoms with Crippen molar-refractivity contribution in [3.8, 4) is 6.07 Å². The van der Waals surface area contributed by atoms with Gasteiger partial charge in [-0.3, -0.25) is 0 Å². The predicted octanol–water partition coefficient (Wildman–Crippen LogP) is 8.61. The molecule has 1 fully saturated rings. The molecule has 1 aliphatic heterocycles. The molecule has 0 radical (unpaired) electrons. The summed E-state index contributed by atoms with van der Waals surface area (Å²) < 4.78 is 0.